The molecule has 0 aliphatic carbocycles. The maximum absolute atomic E-state index is 13.8. The van der Waals surface area contributed by atoms with Crippen LogP contribution < -0.4 is 11.5 Å². The number of aliphatic hydroxyl groups excluding tert-OH is 1. The van der Waals surface area contributed by atoms with Crippen molar-refractivity contribution in [1.82, 2.24) is 0 Å². The Bertz CT molecular complexity index is 511. The zero-order chi connectivity index (χ0) is 17.7. The monoisotopic (exact) mass is 330 g/mol. The Morgan fingerprint density at radius 2 is 1.87 bits per heavy atom. The van der Waals surface area contributed by atoms with Gasteiger partial charge in [0, 0.05) is 0 Å². The summed E-state index contributed by atoms with van der Waals surface area (Å²) in [5.74, 6) is -4.96. The molecular formula is C16H24F2N2O3. The molecular weight excluding hydrogens is 306 g/mol. The maximum Gasteiger partial charge on any atom is 0.329 e. The molecule has 5 nitrogen and oxygen atoms in total. The van der Waals surface area contributed by atoms with E-state index in [2.05, 4.69) is 0 Å². The fourth-order valence-corrected chi connectivity index (χ4v) is 2.33. The molecule has 0 bridgehead atoms. The quantitative estimate of drug-likeness (QED) is 0.626. The van der Waals surface area contributed by atoms with E-state index in [9.17, 15) is 18.7 Å². The first-order valence-corrected chi connectivity index (χ1v) is 7.39. The lowest BCUT2D eigenvalue weighted by Gasteiger charge is -2.36. The van der Waals surface area contributed by atoms with Crippen LogP contribution in [0, 0.1) is 5.92 Å². The van der Waals surface area contributed by atoms with E-state index < -0.39 is 30.1 Å². The molecule has 1 rings (SSSR count). The van der Waals surface area contributed by atoms with Gasteiger partial charge in [0.15, 0.2) is 0 Å². The summed E-state index contributed by atoms with van der Waals surface area (Å²) in [7, 11) is 0. The molecule has 0 aliphatic heterocycles. The van der Waals surface area contributed by atoms with E-state index >= 15 is 0 Å². The Labute approximate surface area is 134 Å². The van der Waals surface area contributed by atoms with Gasteiger partial charge in [-0.15, -0.1) is 0 Å². The number of carbonyl (C=O) groups is 1. The van der Waals surface area contributed by atoms with E-state index in [0.29, 0.717) is 5.56 Å². The molecule has 23 heavy (non-hydrogen) atoms. The van der Waals surface area contributed by atoms with Gasteiger partial charge in [-0.2, -0.15) is 0 Å². The number of hydrogen-bond acceptors (Lipinski definition) is 5. The second kappa shape index (κ2) is 7.81. The third kappa shape index (κ3) is 4.95. The summed E-state index contributed by atoms with van der Waals surface area (Å²) in [5, 5.41) is 9.96. The van der Waals surface area contributed by atoms with Crippen molar-refractivity contribution in [1.29, 1.82) is 0 Å². The zero-order valence-electron chi connectivity index (χ0n) is 13.3. The fraction of sp³-hybridized carbons (Fsp3) is 0.562. The molecule has 0 amide bonds. The van der Waals surface area contributed by atoms with Crippen LogP contribution in [0.5, 0.6) is 0 Å². The summed E-state index contributed by atoms with van der Waals surface area (Å²) >= 11 is 0. The van der Waals surface area contributed by atoms with Gasteiger partial charge >= 0.3 is 5.97 Å². The lowest BCUT2D eigenvalue weighted by Crippen LogP contribution is -2.65. The molecule has 0 radical (unpaired) electrons. The predicted molar refractivity (Wildman–Crippen MR) is 82.6 cm³/mol. The van der Waals surface area contributed by atoms with E-state index in [0.717, 1.165) is 0 Å². The Balaban J connectivity index is 2.93. The van der Waals surface area contributed by atoms with Crippen LogP contribution in [-0.4, -0.2) is 35.2 Å². The Kier molecular flexibility index (Phi) is 6.61. The topological polar surface area (TPSA) is 98.6 Å². The average Bonchev–Trinajstić information content (AvgIpc) is 2.51. The van der Waals surface area contributed by atoms with E-state index in [1.807, 2.05) is 0 Å². The summed E-state index contributed by atoms with van der Waals surface area (Å²) < 4.78 is 32.6. The number of rotatable bonds is 8. The number of nitrogens with two attached hydrogens (primary N) is 2. The number of ether oxygens (including phenoxy) is 1. The molecule has 2 atom stereocenters. The minimum atomic E-state index is -3.69. The normalized spacial score (nSPS) is 16.0. The molecule has 7 heteroatoms. The Morgan fingerprint density at radius 3 is 2.35 bits per heavy atom. The van der Waals surface area contributed by atoms with Gasteiger partial charge in [-0.25, -0.2) is 13.6 Å². The van der Waals surface area contributed by atoms with Crippen LogP contribution >= 0.6 is 0 Å². The molecule has 0 heterocycles. The van der Waals surface area contributed by atoms with Gasteiger partial charge in [0.05, 0.1) is 6.54 Å². The first-order valence-electron chi connectivity index (χ1n) is 7.39. The number of aliphatic hydroxyl groups is 1. The van der Waals surface area contributed by atoms with Crippen molar-refractivity contribution in [2.75, 3.05) is 6.54 Å². The molecule has 0 aromatic heterocycles. The van der Waals surface area contributed by atoms with E-state index in [4.69, 9.17) is 16.2 Å². The van der Waals surface area contributed by atoms with Gasteiger partial charge in [-0.1, -0.05) is 44.2 Å². The highest BCUT2D eigenvalue weighted by Gasteiger charge is 2.54. The lowest BCUT2D eigenvalue weighted by molar-refractivity contribution is -0.176. The van der Waals surface area contributed by atoms with Crippen LogP contribution in [0.25, 0.3) is 0 Å². The fourth-order valence-electron chi connectivity index (χ4n) is 2.33. The van der Waals surface area contributed by atoms with Crippen molar-refractivity contribution < 1.29 is 23.4 Å². The molecule has 130 valence electrons. The average molecular weight is 330 g/mol. The largest absolute Gasteiger partial charge is 0.459 e. The standard InChI is InChI=1S/C16H24F2N2O3/c1-11(2)8-15(20,13(21)16(17,18)10-19)14(22)23-9-12-6-4-3-5-7-12/h3-7,11,13,21H,8-10,19-20H2,1-2H3. The molecule has 0 saturated heterocycles. The molecule has 2 unspecified atom stereocenters. The minimum Gasteiger partial charge on any atom is -0.459 e. The molecule has 0 fully saturated rings. The highest BCUT2D eigenvalue weighted by atomic mass is 19.3. The maximum atomic E-state index is 13.8. The molecule has 0 saturated carbocycles. The SMILES string of the molecule is CC(C)CC(N)(C(=O)OCc1ccccc1)C(O)C(F)(F)CN. The third-order valence-corrected chi connectivity index (χ3v) is 3.50. The van der Waals surface area contributed by atoms with Crippen molar-refractivity contribution in [3.8, 4) is 0 Å². The van der Waals surface area contributed by atoms with Gasteiger partial charge < -0.3 is 21.3 Å². The van der Waals surface area contributed by atoms with Gasteiger partial charge in [0.1, 0.15) is 18.2 Å². The van der Waals surface area contributed by atoms with Gasteiger partial charge in [-0.3, -0.25) is 0 Å². The van der Waals surface area contributed by atoms with Crippen LogP contribution in [-0.2, 0) is 16.1 Å². The molecule has 1 aromatic carbocycles. The number of benzene rings is 1. The number of esters is 1. The minimum absolute atomic E-state index is 0.113. The lowest BCUT2D eigenvalue weighted by atomic mass is 9.82. The van der Waals surface area contributed by atoms with Gasteiger partial charge in [0.2, 0.25) is 0 Å². The molecule has 0 aliphatic rings. The summed E-state index contributed by atoms with van der Waals surface area (Å²) in [6, 6.07) is 8.75. The second-order valence-electron chi connectivity index (χ2n) is 6.07. The van der Waals surface area contributed by atoms with E-state index in [1.54, 1.807) is 44.2 Å². The smallest absolute Gasteiger partial charge is 0.329 e. The van der Waals surface area contributed by atoms with Crippen LogP contribution in [0.2, 0.25) is 0 Å². The van der Waals surface area contributed by atoms with Gasteiger partial charge in [-0.05, 0) is 17.9 Å². The highest BCUT2D eigenvalue weighted by molar-refractivity contribution is 5.81. The van der Waals surface area contributed by atoms with E-state index in [1.165, 1.54) is 0 Å². The summed E-state index contributed by atoms with van der Waals surface area (Å²) in [6.07, 6.45) is -2.58. The van der Waals surface area contributed by atoms with Crippen molar-refractivity contribution >= 4 is 5.97 Å². The Hall–Kier alpha value is -1.57. The number of alkyl halides is 2. The van der Waals surface area contributed by atoms with Crippen molar-refractivity contribution in [3.63, 3.8) is 0 Å². The first-order chi connectivity index (χ1) is 10.6. The number of carbonyl (C=O) groups excluding carboxylic acids is 1. The van der Waals surface area contributed by atoms with Crippen LogP contribution in [0.1, 0.15) is 25.8 Å². The number of hydrogen-bond donors (Lipinski definition) is 3. The van der Waals surface area contributed by atoms with Crippen molar-refractivity contribution in [2.24, 2.45) is 17.4 Å². The summed E-state index contributed by atoms with van der Waals surface area (Å²) in [5.41, 5.74) is 9.29. The zero-order valence-corrected chi connectivity index (χ0v) is 13.3. The van der Waals surface area contributed by atoms with Crippen molar-refractivity contribution in [2.45, 2.75) is 44.4 Å². The summed E-state index contributed by atoms with van der Waals surface area (Å²) in [6.45, 7) is 2.19. The van der Waals surface area contributed by atoms with Gasteiger partial charge in [0.25, 0.3) is 5.92 Å². The first kappa shape index (κ1) is 19.5. The van der Waals surface area contributed by atoms with Crippen LogP contribution in [0.15, 0.2) is 30.3 Å². The summed E-state index contributed by atoms with van der Waals surface area (Å²) in [4.78, 5) is 12.3. The number of halogens is 2. The highest BCUT2D eigenvalue weighted by Crippen LogP contribution is 2.30. The van der Waals surface area contributed by atoms with E-state index in [-0.39, 0.29) is 18.9 Å². The third-order valence-electron chi connectivity index (χ3n) is 3.50. The van der Waals surface area contributed by atoms with Crippen LogP contribution in [0.4, 0.5) is 8.78 Å². The second-order valence-corrected chi connectivity index (χ2v) is 6.07. The van der Waals surface area contributed by atoms with Crippen LogP contribution in [0.3, 0.4) is 0 Å². The molecule has 1 aromatic rings. The predicted octanol–water partition coefficient (Wildman–Crippen LogP) is 1.43. The molecule has 0 spiro atoms. The Morgan fingerprint density at radius 1 is 1.30 bits per heavy atom. The van der Waals surface area contributed by atoms with Crippen molar-refractivity contribution in [3.05, 3.63) is 35.9 Å². The molecule has 5 N–H and O–H groups in total.